The van der Waals surface area contributed by atoms with Crippen molar-refractivity contribution in [2.75, 3.05) is 6.61 Å². The van der Waals surface area contributed by atoms with E-state index in [0.717, 1.165) is 12.0 Å². The molecule has 3 nitrogen and oxygen atoms in total. The summed E-state index contributed by atoms with van der Waals surface area (Å²) in [5, 5.41) is 2.90. The normalized spacial score (nSPS) is 21.5. The number of amides is 1. The highest BCUT2D eigenvalue weighted by molar-refractivity contribution is 5.85. The van der Waals surface area contributed by atoms with Crippen LogP contribution in [0.1, 0.15) is 37.9 Å². The van der Waals surface area contributed by atoms with E-state index in [-0.39, 0.29) is 30.0 Å². The molecular weight excluding hydrogens is 250 g/mol. The second-order valence-electron chi connectivity index (χ2n) is 5.24. The SMILES string of the molecule is CCc1ccc([C@@H]2NC(=O)OCC2(C)C)cc1.Cl. The molecule has 1 heterocycles. The summed E-state index contributed by atoms with van der Waals surface area (Å²) in [7, 11) is 0. The van der Waals surface area contributed by atoms with Gasteiger partial charge in [0.2, 0.25) is 0 Å². The summed E-state index contributed by atoms with van der Waals surface area (Å²) in [6.07, 6.45) is 0.706. The average Bonchev–Trinajstić information content (AvgIpc) is 2.33. The molecular formula is C14H20ClNO2. The van der Waals surface area contributed by atoms with E-state index in [0.29, 0.717) is 6.61 Å². The first-order valence-corrected chi connectivity index (χ1v) is 6.05. The minimum atomic E-state index is -0.325. The zero-order chi connectivity index (χ0) is 12.5. The molecule has 100 valence electrons. The van der Waals surface area contributed by atoms with E-state index in [4.69, 9.17) is 4.74 Å². The first-order chi connectivity index (χ1) is 8.03. The van der Waals surface area contributed by atoms with Crippen LogP contribution in [0.4, 0.5) is 4.79 Å². The lowest BCUT2D eigenvalue weighted by Gasteiger charge is -2.38. The third kappa shape index (κ3) is 2.96. The Kier molecular flexibility index (Phi) is 4.63. The Labute approximate surface area is 114 Å². The molecule has 1 saturated heterocycles. The van der Waals surface area contributed by atoms with Gasteiger partial charge in [-0.15, -0.1) is 12.4 Å². The Bertz CT molecular complexity index is 414. The van der Waals surface area contributed by atoms with Gasteiger partial charge in [-0.1, -0.05) is 45.0 Å². The largest absolute Gasteiger partial charge is 0.449 e. The third-order valence-electron chi connectivity index (χ3n) is 3.34. The van der Waals surface area contributed by atoms with Crippen LogP contribution in [-0.4, -0.2) is 12.7 Å². The maximum absolute atomic E-state index is 11.3. The number of alkyl carbamates (subject to hydrolysis) is 1. The Hall–Kier alpha value is -1.22. The van der Waals surface area contributed by atoms with E-state index < -0.39 is 0 Å². The Morgan fingerprint density at radius 2 is 1.94 bits per heavy atom. The topological polar surface area (TPSA) is 38.3 Å². The van der Waals surface area contributed by atoms with E-state index in [1.54, 1.807) is 0 Å². The third-order valence-corrected chi connectivity index (χ3v) is 3.34. The number of carbonyl (C=O) groups is 1. The first kappa shape index (κ1) is 14.8. The molecule has 4 heteroatoms. The molecule has 0 aliphatic carbocycles. The van der Waals surface area contributed by atoms with Gasteiger partial charge in [0.05, 0.1) is 6.04 Å². The van der Waals surface area contributed by atoms with Crippen LogP contribution in [0.2, 0.25) is 0 Å². The number of hydrogen-bond donors (Lipinski definition) is 1. The van der Waals surface area contributed by atoms with Crippen LogP contribution in [0.25, 0.3) is 0 Å². The molecule has 2 rings (SSSR count). The van der Waals surface area contributed by atoms with Crippen LogP contribution in [-0.2, 0) is 11.2 Å². The number of nitrogens with one attached hydrogen (secondary N) is 1. The van der Waals surface area contributed by atoms with Gasteiger partial charge in [-0.25, -0.2) is 4.79 Å². The molecule has 1 atom stereocenters. The zero-order valence-corrected chi connectivity index (χ0v) is 11.8. The van der Waals surface area contributed by atoms with Crippen molar-refractivity contribution in [3.8, 4) is 0 Å². The van der Waals surface area contributed by atoms with Crippen LogP contribution in [0.5, 0.6) is 0 Å². The number of carbonyl (C=O) groups excluding carboxylic acids is 1. The van der Waals surface area contributed by atoms with Gasteiger partial charge < -0.3 is 10.1 Å². The molecule has 0 spiro atoms. The van der Waals surface area contributed by atoms with Gasteiger partial charge in [0.1, 0.15) is 6.61 Å². The highest BCUT2D eigenvalue weighted by Gasteiger charge is 2.37. The van der Waals surface area contributed by atoms with Gasteiger partial charge in [-0.05, 0) is 17.5 Å². The monoisotopic (exact) mass is 269 g/mol. The second-order valence-corrected chi connectivity index (χ2v) is 5.24. The Morgan fingerprint density at radius 3 is 2.50 bits per heavy atom. The molecule has 1 fully saturated rings. The molecule has 0 aromatic heterocycles. The van der Waals surface area contributed by atoms with Crippen LogP contribution >= 0.6 is 12.4 Å². The molecule has 18 heavy (non-hydrogen) atoms. The summed E-state index contributed by atoms with van der Waals surface area (Å²) in [5.74, 6) is 0. The van der Waals surface area contributed by atoms with Crippen LogP contribution in [0, 0.1) is 5.41 Å². The van der Waals surface area contributed by atoms with Gasteiger partial charge >= 0.3 is 6.09 Å². The smallest absolute Gasteiger partial charge is 0.407 e. The van der Waals surface area contributed by atoms with Crippen molar-refractivity contribution in [3.63, 3.8) is 0 Å². The lowest BCUT2D eigenvalue weighted by atomic mass is 9.80. The molecule has 1 aromatic carbocycles. The van der Waals surface area contributed by atoms with Gasteiger partial charge in [0.25, 0.3) is 0 Å². The highest BCUT2D eigenvalue weighted by atomic mass is 35.5. The molecule has 0 radical (unpaired) electrons. The predicted molar refractivity (Wildman–Crippen MR) is 74.1 cm³/mol. The second kappa shape index (κ2) is 5.61. The Balaban J connectivity index is 0.00000162. The fraction of sp³-hybridized carbons (Fsp3) is 0.500. The average molecular weight is 270 g/mol. The van der Waals surface area contributed by atoms with Crippen molar-refractivity contribution in [3.05, 3.63) is 35.4 Å². The van der Waals surface area contributed by atoms with E-state index in [1.165, 1.54) is 5.56 Å². The van der Waals surface area contributed by atoms with E-state index in [1.807, 2.05) is 0 Å². The molecule has 0 saturated carbocycles. The van der Waals surface area contributed by atoms with E-state index in [9.17, 15) is 4.79 Å². The number of ether oxygens (including phenoxy) is 1. The molecule has 1 aliphatic heterocycles. The Morgan fingerprint density at radius 1 is 1.33 bits per heavy atom. The summed E-state index contributed by atoms with van der Waals surface area (Å²) >= 11 is 0. The van der Waals surface area contributed by atoms with Crippen LogP contribution in [0.15, 0.2) is 24.3 Å². The number of benzene rings is 1. The van der Waals surface area contributed by atoms with Crippen molar-refractivity contribution in [2.24, 2.45) is 5.41 Å². The number of rotatable bonds is 2. The molecule has 0 bridgehead atoms. The first-order valence-electron chi connectivity index (χ1n) is 6.05. The fourth-order valence-electron chi connectivity index (χ4n) is 2.17. The number of halogens is 1. The zero-order valence-electron chi connectivity index (χ0n) is 11.0. The lowest BCUT2D eigenvalue weighted by molar-refractivity contribution is 0.0387. The van der Waals surface area contributed by atoms with Gasteiger partial charge in [0.15, 0.2) is 0 Å². The fourth-order valence-corrected chi connectivity index (χ4v) is 2.17. The van der Waals surface area contributed by atoms with Crippen LogP contribution < -0.4 is 5.32 Å². The maximum Gasteiger partial charge on any atom is 0.407 e. The van der Waals surface area contributed by atoms with Crippen molar-refractivity contribution < 1.29 is 9.53 Å². The van der Waals surface area contributed by atoms with E-state index >= 15 is 0 Å². The molecule has 1 N–H and O–H groups in total. The van der Waals surface area contributed by atoms with Crippen LogP contribution in [0.3, 0.4) is 0 Å². The molecule has 1 aromatic rings. The predicted octanol–water partition coefficient (Wildman–Crippen LogP) is 3.48. The van der Waals surface area contributed by atoms with Gasteiger partial charge in [0, 0.05) is 5.41 Å². The lowest BCUT2D eigenvalue weighted by Crippen LogP contribution is -2.46. The van der Waals surface area contributed by atoms with Crippen molar-refractivity contribution in [1.29, 1.82) is 0 Å². The highest BCUT2D eigenvalue weighted by Crippen LogP contribution is 2.36. The summed E-state index contributed by atoms with van der Waals surface area (Å²) in [6.45, 7) is 6.80. The van der Waals surface area contributed by atoms with Crippen molar-refractivity contribution in [2.45, 2.75) is 33.2 Å². The number of aryl methyl sites for hydroxylation is 1. The molecule has 0 unspecified atom stereocenters. The van der Waals surface area contributed by atoms with Gasteiger partial charge in [-0.3, -0.25) is 0 Å². The quantitative estimate of drug-likeness (QED) is 0.893. The summed E-state index contributed by atoms with van der Waals surface area (Å²) < 4.78 is 5.04. The summed E-state index contributed by atoms with van der Waals surface area (Å²) in [6, 6.07) is 8.45. The van der Waals surface area contributed by atoms with Crippen molar-refractivity contribution in [1.82, 2.24) is 5.32 Å². The minimum absolute atomic E-state index is 0. The summed E-state index contributed by atoms with van der Waals surface area (Å²) in [4.78, 5) is 11.3. The molecule has 1 amide bonds. The number of cyclic esters (lactones) is 1. The standard InChI is InChI=1S/C14H19NO2.ClH/c1-4-10-5-7-11(8-6-10)12-14(2,3)9-17-13(16)15-12;/h5-8,12H,4,9H2,1-3H3,(H,15,16);1H/t12-;/m0./s1. The maximum atomic E-state index is 11.3. The van der Waals surface area contributed by atoms with Crippen molar-refractivity contribution >= 4 is 18.5 Å². The minimum Gasteiger partial charge on any atom is -0.449 e. The summed E-state index contributed by atoms with van der Waals surface area (Å²) in [5.41, 5.74) is 2.37. The van der Waals surface area contributed by atoms with E-state index in [2.05, 4.69) is 50.4 Å². The van der Waals surface area contributed by atoms with Gasteiger partial charge in [-0.2, -0.15) is 0 Å². The number of hydrogen-bond acceptors (Lipinski definition) is 2. The molecule has 1 aliphatic rings.